The van der Waals surface area contributed by atoms with E-state index in [0.29, 0.717) is 10.2 Å². The van der Waals surface area contributed by atoms with Crippen molar-refractivity contribution >= 4 is 27.8 Å². The van der Waals surface area contributed by atoms with Gasteiger partial charge in [0.1, 0.15) is 17.2 Å². The van der Waals surface area contributed by atoms with Crippen LogP contribution in [0, 0.1) is 6.92 Å². The zero-order valence-corrected chi connectivity index (χ0v) is 15.2. The van der Waals surface area contributed by atoms with Crippen LogP contribution >= 0.6 is 15.9 Å². The number of hydrogen-bond acceptors (Lipinski definition) is 4. The minimum Gasteiger partial charge on any atom is -0.458 e. The number of hydrogen-bond donors (Lipinski definition) is 1. The van der Waals surface area contributed by atoms with Crippen LogP contribution in [0.15, 0.2) is 15.3 Å². The van der Waals surface area contributed by atoms with Gasteiger partial charge in [0.25, 0.3) is 11.5 Å². The molecule has 0 aromatic carbocycles. The number of nitrogens with one attached hydrogen (secondary N) is 1. The molecular weight excluding hydrogens is 352 g/mol. The van der Waals surface area contributed by atoms with Crippen molar-refractivity contribution in [2.75, 3.05) is 7.05 Å². The van der Waals surface area contributed by atoms with E-state index in [2.05, 4.69) is 20.9 Å². The summed E-state index contributed by atoms with van der Waals surface area (Å²) >= 11 is 3.27. The van der Waals surface area contributed by atoms with Crippen LogP contribution in [-0.4, -0.2) is 40.5 Å². The number of likely N-dealkylation sites (N-methyl/N-ethyl adjacent to an activating group) is 1. The highest BCUT2D eigenvalue weighted by atomic mass is 79.9. The Morgan fingerprint density at radius 2 is 1.91 bits per heavy atom. The molecule has 1 atom stereocenters. The number of nitrogens with zero attached hydrogens (tertiary/aromatic N) is 1. The molecule has 1 aromatic heterocycles. The van der Waals surface area contributed by atoms with Crippen LogP contribution in [0.5, 0.6) is 0 Å². The molecule has 1 heterocycles. The number of esters is 1. The fraction of sp³-hybridized carbons (Fsp3) is 0.533. The number of carbonyl (C=O) groups excluding carboxylic acids is 2. The van der Waals surface area contributed by atoms with Gasteiger partial charge < -0.3 is 14.6 Å². The van der Waals surface area contributed by atoms with Crippen LogP contribution in [0.2, 0.25) is 0 Å². The fourth-order valence-corrected chi connectivity index (χ4v) is 2.00. The molecule has 22 heavy (non-hydrogen) atoms. The van der Waals surface area contributed by atoms with E-state index in [1.807, 2.05) is 0 Å². The highest BCUT2D eigenvalue weighted by molar-refractivity contribution is 9.10. The molecule has 0 saturated heterocycles. The molecule has 0 radical (unpaired) electrons. The minimum absolute atomic E-state index is 0.0321. The lowest BCUT2D eigenvalue weighted by Crippen LogP contribution is -2.44. The molecule has 122 valence electrons. The zero-order chi connectivity index (χ0) is 17.2. The molecule has 0 aliphatic carbocycles. The number of rotatable bonds is 3. The molecule has 0 saturated carbocycles. The molecule has 1 amide bonds. The van der Waals surface area contributed by atoms with Gasteiger partial charge in [-0.3, -0.25) is 9.59 Å². The zero-order valence-electron chi connectivity index (χ0n) is 13.6. The fourth-order valence-electron chi connectivity index (χ4n) is 1.67. The maximum atomic E-state index is 12.4. The van der Waals surface area contributed by atoms with Crippen LogP contribution in [0.25, 0.3) is 0 Å². The molecule has 1 aromatic rings. The van der Waals surface area contributed by atoms with E-state index < -0.39 is 29.1 Å². The van der Waals surface area contributed by atoms with E-state index in [4.69, 9.17) is 4.74 Å². The second-order valence-electron chi connectivity index (χ2n) is 6.11. The number of amides is 1. The quantitative estimate of drug-likeness (QED) is 0.825. The van der Waals surface area contributed by atoms with Gasteiger partial charge in [0.15, 0.2) is 0 Å². The highest BCUT2D eigenvalue weighted by Crippen LogP contribution is 2.15. The molecule has 0 aliphatic rings. The third-order valence-electron chi connectivity index (χ3n) is 3.05. The summed E-state index contributed by atoms with van der Waals surface area (Å²) in [6, 6.07) is 0.653. The lowest BCUT2D eigenvalue weighted by atomic mass is 10.1. The molecule has 0 bridgehead atoms. The normalized spacial score (nSPS) is 12.7. The van der Waals surface area contributed by atoms with Gasteiger partial charge in [0.2, 0.25) is 0 Å². The van der Waals surface area contributed by atoms with E-state index in [9.17, 15) is 14.4 Å². The number of pyridine rings is 1. The van der Waals surface area contributed by atoms with Crippen molar-refractivity contribution in [2.24, 2.45) is 0 Å². The second-order valence-corrected chi connectivity index (χ2v) is 6.96. The smallest absolute Gasteiger partial charge is 0.329 e. The predicted molar refractivity (Wildman–Crippen MR) is 86.9 cm³/mol. The molecule has 6 nitrogen and oxygen atoms in total. The number of H-pyrrole nitrogens is 1. The van der Waals surface area contributed by atoms with Crippen molar-refractivity contribution in [3.8, 4) is 0 Å². The average Bonchev–Trinajstić information content (AvgIpc) is 2.38. The summed E-state index contributed by atoms with van der Waals surface area (Å²) in [6.07, 6.45) is 0. The second kappa shape index (κ2) is 6.64. The number of aromatic amines is 1. The molecule has 0 unspecified atom stereocenters. The minimum atomic E-state index is -0.800. The van der Waals surface area contributed by atoms with Crippen LogP contribution in [-0.2, 0) is 9.53 Å². The van der Waals surface area contributed by atoms with Crippen molar-refractivity contribution < 1.29 is 14.3 Å². The maximum Gasteiger partial charge on any atom is 0.329 e. The predicted octanol–water partition coefficient (Wildman–Crippen LogP) is 2.25. The molecule has 0 aliphatic heterocycles. The van der Waals surface area contributed by atoms with Gasteiger partial charge >= 0.3 is 5.97 Å². The monoisotopic (exact) mass is 372 g/mol. The molecule has 1 N–H and O–H groups in total. The van der Waals surface area contributed by atoms with Crippen LogP contribution in [0.1, 0.15) is 43.7 Å². The molecule has 0 spiro atoms. The first kappa shape index (κ1) is 18.4. The van der Waals surface area contributed by atoms with Crippen molar-refractivity contribution in [1.82, 2.24) is 9.88 Å². The largest absolute Gasteiger partial charge is 0.458 e. The first-order valence-corrected chi connectivity index (χ1v) is 7.62. The Bertz CT molecular complexity index is 646. The summed E-state index contributed by atoms with van der Waals surface area (Å²) in [7, 11) is 1.46. The Balaban J connectivity index is 3.01. The summed E-state index contributed by atoms with van der Waals surface area (Å²) in [5, 5.41) is 0. The first-order chi connectivity index (χ1) is 9.94. The van der Waals surface area contributed by atoms with Crippen molar-refractivity contribution in [3.63, 3.8) is 0 Å². The van der Waals surface area contributed by atoms with Gasteiger partial charge in [-0.05, 0) is 56.6 Å². The SMILES string of the molecule is Cc1[nH]c(=O)c(C(=O)N(C)[C@H](C)C(=O)OC(C)(C)C)cc1Br. The Morgan fingerprint density at radius 1 is 1.36 bits per heavy atom. The van der Waals surface area contributed by atoms with E-state index in [1.54, 1.807) is 34.6 Å². The van der Waals surface area contributed by atoms with Gasteiger partial charge in [0, 0.05) is 17.2 Å². The summed E-state index contributed by atoms with van der Waals surface area (Å²) in [5.74, 6) is -1.06. The summed E-state index contributed by atoms with van der Waals surface area (Å²) in [5.41, 5.74) is -0.534. The third-order valence-corrected chi connectivity index (χ3v) is 3.88. The molecule has 7 heteroatoms. The van der Waals surface area contributed by atoms with Gasteiger partial charge in [-0.15, -0.1) is 0 Å². The summed E-state index contributed by atoms with van der Waals surface area (Å²) in [4.78, 5) is 40.1. The van der Waals surface area contributed by atoms with E-state index >= 15 is 0 Å². The third kappa shape index (κ3) is 4.43. The Labute approximate surface area is 138 Å². The van der Waals surface area contributed by atoms with Crippen LogP contribution < -0.4 is 5.56 Å². The Hall–Kier alpha value is -1.63. The summed E-state index contributed by atoms with van der Waals surface area (Å²) < 4.78 is 5.87. The molecule has 1 rings (SSSR count). The van der Waals surface area contributed by atoms with Crippen molar-refractivity contribution in [2.45, 2.75) is 46.3 Å². The molecule has 0 fully saturated rings. The van der Waals surface area contributed by atoms with E-state index in [-0.39, 0.29) is 5.56 Å². The van der Waals surface area contributed by atoms with Gasteiger partial charge in [0.05, 0.1) is 0 Å². The van der Waals surface area contributed by atoms with Crippen LogP contribution in [0.4, 0.5) is 0 Å². The van der Waals surface area contributed by atoms with Gasteiger partial charge in [-0.2, -0.15) is 0 Å². The average molecular weight is 373 g/mol. The number of aryl methyl sites for hydroxylation is 1. The standard InChI is InChI=1S/C15H21BrN2O4/c1-8-11(16)7-10(12(19)17-8)13(20)18(6)9(2)14(21)22-15(3,4)5/h7,9H,1-6H3,(H,17,19)/t9-/m1/s1. The number of halogens is 1. The van der Waals surface area contributed by atoms with E-state index in [0.717, 1.165) is 0 Å². The number of carbonyl (C=O) groups is 2. The Morgan fingerprint density at radius 3 is 2.41 bits per heavy atom. The lowest BCUT2D eigenvalue weighted by Gasteiger charge is -2.27. The highest BCUT2D eigenvalue weighted by Gasteiger charge is 2.29. The summed E-state index contributed by atoms with van der Waals surface area (Å²) in [6.45, 7) is 8.53. The number of ether oxygens (including phenoxy) is 1. The van der Waals surface area contributed by atoms with Crippen molar-refractivity contribution in [3.05, 3.63) is 32.2 Å². The van der Waals surface area contributed by atoms with E-state index in [1.165, 1.54) is 18.0 Å². The lowest BCUT2D eigenvalue weighted by molar-refractivity contribution is -0.159. The maximum absolute atomic E-state index is 12.4. The Kier molecular flexibility index (Phi) is 5.56. The number of aromatic nitrogens is 1. The van der Waals surface area contributed by atoms with Gasteiger partial charge in [-0.1, -0.05) is 0 Å². The topological polar surface area (TPSA) is 79.5 Å². The molecular formula is C15H21BrN2O4. The first-order valence-electron chi connectivity index (χ1n) is 6.83. The van der Waals surface area contributed by atoms with Crippen molar-refractivity contribution in [1.29, 1.82) is 0 Å². The van der Waals surface area contributed by atoms with Gasteiger partial charge in [-0.25, -0.2) is 4.79 Å². The van der Waals surface area contributed by atoms with Crippen LogP contribution in [0.3, 0.4) is 0 Å².